The number of amides is 2. The minimum Gasteiger partial charge on any atom is -0.341 e. The summed E-state index contributed by atoms with van der Waals surface area (Å²) in [6, 6.07) is 10.5. The number of benzene rings is 1. The van der Waals surface area contributed by atoms with Crippen LogP contribution in [-0.2, 0) is 16.1 Å². The summed E-state index contributed by atoms with van der Waals surface area (Å²) in [7, 11) is 3.82. The molecule has 3 saturated heterocycles. The van der Waals surface area contributed by atoms with Gasteiger partial charge >= 0.3 is 0 Å². The summed E-state index contributed by atoms with van der Waals surface area (Å²) in [4.78, 5) is 33.6. The van der Waals surface area contributed by atoms with Gasteiger partial charge in [-0.15, -0.1) is 0 Å². The molecule has 0 radical (unpaired) electrons. The third kappa shape index (κ3) is 3.94. The van der Waals surface area contributed by atoms with Gasteiger partial charge in [-0.2, -0.15) is 0 Å². The van der Waals surface area contributed by atoms with Crippen LogP contribution in [0, 0.1) is 5.41 Å². The van der Waals surface area contributed by atoms with Gasteiger partial charge in [0.15, 0.2) is 0 Å². The van der Waals surface area contributed by atoms with E-state index in [1.807, 2.05) is 18.0 Å². The Morgan fingerprint density at radius 2 is 1.79 bits per heavy atom. The fourth-order valence-corrected chi connectivity index (χ4v) is 5.23. The molecule has 1 spiro atoms. The molecule has 0 N–H and O–H groups in total. The maximum atomic E-state index is 13.0. The van der Waals surface area contributed by atoms with Gasteiger partial charge < -0.3 is 9.80 Å². The summed E-state index contributed by atoms with van der Waals surface area (Å²) < 4.78 is 0. The van der Waals surface area contributed by atoms with Crippen molar-refractivity contribution < 1.29 is 9.59 Å². The number of carbonyl (C=O) groups is 2. The normalized spacial score (nSPS) is 24.5. The lowest BCUT2D eigenvalue weighted by Gasteiger charge is -2.48. The minimum absolute atomic E-state index is 0.0846. The zero-order valence-corrected chi connectivity index (χ0v) is 17.1. The Balaban J connectivity index is 1.29. The van der Waals surface area contributed by atoms with Crippen LogP contribution in [0.5, 0.6) is 0 Å². The highest BCUT2D eigenvalue weighted by Crippen LogP contribution is 2.42. The zero-order valence-electron chi connectivity index (χ0n) is 17.1. The van der Waals surface area contributed by atoms with Gasteiger partial charge in [-0.1, -0.05) is 30.3 Å². The van der Waals surface area contributed by atoms with Crippen molar-refractivity contribution >= 4 is 11.8 Å². The first-order chi connectivity index (χ1) is 13.5. The Labute approximate surface area is 168 Å². The highest BCUT2D eigenvalue weighted by atomic mass is 16.2. The van der Waals surface area contributed by atoms with Gasteiger partial charge in [0.25, 0.3) is 0 Å². The first-order valence-corrected chi connectivity index (χ1v) is 10.5. The van der Waals surface area contributed by atoms with Crippen LogP contribution >= 0.6 is 0 Å². The molecule has 3 fully saturated rings. The van der Waals surface area contributed by atoms with E-state index in [4.69, 9.17) is 0 Å². The standard InChI is InChI=1S/C22H32N4O2/c1-23(14-20(27)26-10-6-7-11-26)21(28)19-12-22(15-24(19)2)16-25(17-22)13-18-8-4-3-5-9-18/h3-5,8-9,19H,6-7,10-17H2,1-2H3. The summed E-state index contributed by atoms with van der Waals surface area (Å²) in [5, 5.41) is 0. The summed E-state index contributed by atoms with van der Waals surface area (Å²) in [6.45, 7) is 5.92. The Bertz CT molecular complexity index is 711. The fourth-order valence-electron chi connectivity index (χ4n) is 5.23. The second-order valence-corrected chi connectivity index (χ2v) is 9.05. The van der Waals surface area contributed by atoms with Gasteiger partial charge in [0.2, 0.25) is 11.8 Å². The van der Waals surface area contributed by atoms with Gasteiger partial charge in [0, 0.05) is 51.7 Å². The number of hydrogen-bond acceptors (Lipinski definition) is 4. The summed E-state index contributed by atoms with van der Waals surface area (Å²) >= 11 is 0. The van der Waals surface area contributed by atoms with Crippen molar-refractivity contribution in [2.24, 2.45) is 5.41 Å². The molecule has 3 aliphatic rings. The third-order valence-corrected chi connectivity index (χ3v) is 6.60. The van der Waals surface area contributed by atoms with Crippen molar-refractivity contribution in [2.75, 3.05) is 53.4 Å². The largest absolute Gasteiger partial charge is 0.341 e. The third-order valence-electron chi connectivity index (χ3n) is 6.60. The number of likely N-dealkylation sites (N-methyl/N-ethyl adjacent to an activating group) is 2. The molecule has 152 valence electrons. The lowest BCUT2D eigenvalue weighted by Crippen LogP contribution is -2.56. The van der Waals surface area contributed by atoms with E-state index in [1.54, 1.807) is 11.9 Å². The van der Waals surface area contributed by atoms with Crippen LogP contribution in [0.25, 0.3) is 0 Å². The lowest BCUT2D eigenvalue weighted by molar-refractivity contribution is -0.141. The van der Waals surface area contributed by atoms with Crippen molar-refractivity contribution in [3.05, 3.63) is 35.9 Å². The molecule has 1 aromatic carbocycles. The van der Waals surface area contributed by atoms with Gasteiger partial charge in [0.1, 0.15) is 0 Å². The SMILES string of the molecule is CN(CC(=O)N1CCCC1)C(=O)C1CC2(CN(Cc3ccccc3)C2)CN1C. The highest BCUT2D eigenvalue weighted by Gasteiger charge is 2.52. The second-order valence-electron chi connectivity index (χ2n) is 9.05. The second kappa shape index (κ2) is 7.84. The molecule has 0 aliphatic carbocycles. The summed E-state index contributed by atoms with van der Waals surface area (Å²) in [5.41, 5.74) is 1.57. The number of carbonyl (C=O) groups excluding carboxylic acids is 2. The van der Waals surface area contributed by atoms with Gasteiger partial charge in [-0.25, -0.2) is 0 Å². The lowest BCUT2D eigenvalue weighted by atomic mass is 9.77. The van der Waals surface area contributed by atoms with Gasteiger partial charge in [-0.05, 0) is 31.9 Å². The molecule has 28 heavy (non-hydrogen) atoms. The van der Waals surface area contributed by atoms with Crippen LogP contribution in [-0.4, -0.2) is 90.8 Å². The van der Waals surface area contributed by atoms with Crippen LogP contribution in [0.3, 0.4) is 0 Å². The highest BCUT2D eigenvalue weighted by molar-refractivity contribution is 5.87. The molecule has 0 saturated carbocycles. The smallest absolute Gasteiger partial charge is 0.242 e. The molecular weight excluding hydrogens is 352 g/mol. The van der Waals surface area contributed by atoms with E-state index in [1.165, 1.54) is 5.56 Å². The molecule has 2 amide bonds. The molecule has 4 rings (SSSR count). The quantitative estimate of drug-likeness (QED) is 0.767. The number of likely N-dealkylation sites (tertiary alicyclic amines) is 3. The molecule has 0 aromatic heterocycles. The molecule has 0 bridgehead atoms. The molecule has 1 unspecified atom stereocenters. The number of rotatable bonds is 5. The number of hydrogen-bond donors (Lipinski definition) is 0. The molecule has 6 nitrogen and oxygen atoms in total. The first kappa shape index (κ1) is 19.4. The average Bonchev–Trinajstić information content (AvgIpc) is 3.30. The maximum Gasteiger partial charge on any atom is 0.242 e. The van der Waals surface area contributed by atoms with E-state index in [9.17, 15) is 9.59 Å². The van der Waals surface area contributed by atoms with E-state index >= 15 is 0 Å². The first-order valence-electron chi connectivity index (χ1n) is 10.5. The van der Waals surface area contributed by atoms with Crippen LogP contribution < -0.4 is 0 Å². The molecule has 6 heteroatoms. The predicted octanol–water partition coefficient (Wildman–Crippen LogP) is 1.27. The minimum atomic E-state index is -0.102. The van der Waals surface area contributed by atoms with Crippen LogP contribution in [0.1, 0.15) is 24.8 Å². The molecule has 3 aliphatic heterocycles. The summed E-state index contributed by atoms with van der Waals surface area (Å²) in [6.07, 6.45) is 3.06. The van der Waals surface area contributed by atoms with E-state index in [2.05, 4.69) is 34.1 Å². The average molecular weight is 385 g/mol. The van der Waals surface area contributed by atoms with Gasteiger partial charge in [0.05, 0.1) is 12.6 Å². The van der Waals surface area contributed by atoms with Gasteiger partial charge in [-0.3, -0.25) is 19.4 Å². The van der Waals surface area contributed by atoms with Crippen molar-refractivity contribution in [1.29, 1.82) is 0 Å². The topological polar surface area (TPSA) is 47.1 Å². The van der Waals surface area contributed by atoms with Crippen LogP contribution in [0.4, 0.5) is 0 Å². The Hall–Kier alpha value is -1.92. The maximum absolute atomic E-state index is 13.0. The van der Waals surface area contributed by atoms with Crippen LogP contribution in [0.15, 0.2) is 30.3 Å². The van der Waals surface area contributed by atoms with E-state index in [-0.39, 0.29) is 29.8 Å². The van der Waals surface area contributed by atoms with E-state index in [0.29, 0.717) is 0 Å². The van der Waals surface area contributed by atoms with Crippen molar-refractivity contribution in [2.45, 2.75) is 31.8 Å². The molecular formula is C22H32N4O2. The Kier molecular flexibility index (Phi) is 5.43. The monoisotopic (exact) mass is 384 g/mol. The Morgan fingerprint density at radius 3 is 2.46 bits per heavy atom. The summed E-state index contributed by atoms with van der Waals surface area (Å²) in [5.74, 6) is 0.176. The van der Waals surface area contributed by atoms with Crippen molar-refractivity contribution in [3.63, 3.8) is 0 Å². The molecule has 1 aromatic rings. The predicted molar refractivity (Wildman–Crippen MR) is 109 cm³/mol. The van der Waals surface area contributed by atoms with Crippen molar-refractivity contribution in [3.8, 4) is 0 Å². The van der Waals surface area contributed by atoms with Crippen molar-refractivity contribution in [1.82, 2.24) is 19.6 Å². The van der Waals surface area contributed by atoms with E-state index in [0.717, 1.165) is 58.5 Å². The fraction of sp³-hybridized carbons (Fsp3) is 0.636. The van der Waals surface area contributed by atoms with E-state index < -0.39 is 0 Å². The zero-order chi connectivity index (χ0) is 19.7. The van der Waals surface area contributed by atoms with Crippen LogP contribution in [0.2, 0.25) is 0 Å². The molecule has 1 atom stereocenters. The molecule has 3 heterocycles. The number of nitrogens with zero attached hydrogens (tertiary/aromatic N) is 4. The Morgan fingerprint density at radius 1 is 1.11 bits per heavy atom.